The molecule has 3 aromatic carbocycles. The average molecular weight is 431 g/mol. The SMILES string of the molecule is O=C(NCc1ccco1)c1ccc2c(c1)N=C(c1cccc(F)c1)c1ccccc1S2.[HH]. The van der Waals surface area contributed by atoms with Gasteiger partial charge in [-0.3, -0.25) is 4.79 Å². The minimum atomic E-state index is -0.319. The molecule has 0 fully saturated rings. The first-order chi connectivity index (χ1) is 15.2. The summed E-state index contributed by atoms with van der Waals surface area (Å²) in [4.78, 5) is 19.5. The van der Waals surface area contributed by atoms with E-state index in [2.05, 4.69) is 5.32 Å². The monoisotopic (exact) mass is 430 g/mol. The minimum Gasteiger partial charge on any atom is -0.467 e. The van der Waals surface area contributed by atoms with E-state index in [9.17, 15) is 9.18 Å². The van der Waals surface area contributed by atoms with Gasteiger partial charge in [-0.25, -0.2) is 9.38 Å². The summed E-state index contributed by atoms with van der Waals surface area (Å²) in [5.41, 5.74) is 3.46. The Morgan fingerprint density at radius 3 is 2.74 bits per heavy atom. The zero-order chi connectivity index (χ0) is 21.2. The number of furan rings is 1. The third kappa shape index (κ3) is 4.02. The van der Waals surface area contributed by atoms with Gasteiger partial charge in [0.05, 0.1) is 24.2 Å². The topological polar surface area (TPSA) is 54.6 Å². The fourth-order valence-electron chi connectivity index (χ4n) is 3.42. The number of hydrogen-bond donors (Lipinski definition) is 1. The molecular formula is C25H19FN2O2S. The van der Waals surface area contributed by atoms with Gasteiger partial charge in [-0.15, -0.1) is 0 Å². The molecule has 0 radical (unpaired) electrons. The lowest BCUT2D eigenvalue weighted by Crippen LogP contribution is -2.22. The van der Waals surface area contributed by atoms with Crippen LogP contribution >= 0.6 is 11.8 Å². The summed E-state index contributed by atoms with van der Waals surface area (Å²) < 4.78 is 19.2. The minimum absolute atomic E-state index is 0. The summed E-state index contributed by atoms with van der Waals surface area (Å²) in [6.07, 6.45) is 1.57. The third-order valence-corrected chi connectivity index (χ3v) is 6.06. The number of rotatable bonds is 4. The number of nitrogens with zero attached hydrogens (tertiary/aromatic N) is 1. The largest absolute Gasteiger partial charge is 0.467 e. The molecule has 0 unspecified atom stereocenters. The third-order valence-electron chi connectivity index (χ3n) is 4.92. The summed E-state index contributed by atoms with van der Waals surface area (Å²) in [5.74, 6) is 0.148. The molecule has 1 amide bonds. The Morgan fingerprint density at radius 1 is 1.00 bits per heavy atom. The molecule has 6 heteroatoms. The first kappa shape index (κ1) is 19.3. The van der Waals surface area contributed by atoms with Crippen LogP contribution in [0, 0.1) is 5.82 Å². The molecule has 154 valence electrons. The molecule has 1 aliphatic rings. The highest BCUT2D eigenvalue weighted by Crippen LogP contribution is 2.41. The number of benzene rings is 3. The van der Waals surface area contributed by atoms with Crippen LogP contribution in [-0.4, -0.2) is 11.6 Å². The van der Waals surface area contributed by atoms with Crippen LogP contribution in [0.5, 0.6) is 0 Å². The van der Waals surface area contributed by atoms with Crippen LogP contribution in [0.4, 0.5) is 10.1 Å². The van der Waals surface area contributed by atoms with Crippen molar-refractivity contribution in [3.63, 3.8) is 0 Å². The lowest BCUT2D eigenvalue weighted by Gasteiger charge is -2.09. The van der Waals surface area contributed by atoms with E-state index in [0.29, 0.717) is 34.8 Å². The first-order valence-corrected chi connectivity index (χ1v) is 10.6. The summed E-state index contributed by atoms with van der Waals surface area (Å²) in [6, 6.07) is 23.4. The van der Waals surface area contributed by atoms with Crippen LogP contribution in [0.2, 0.25) is 0 Å². The normalized spacial score (nSPS) is 12.4. The maximum Gasteiger partial charge on any atom is 0.251 e. The summed E-state index contributed by atoms with van der Waals surface area (Å²) in [5, 5.41) is 2.85. The number of halogens is 1. The quantitative estimate of drug-likeness (QED) is 0.368. The molecule has 0 bridgehead atoms. The fraction of sp³-hybridized carbons (Fsp3) is 0.0400. The Kier molecular flexibility index (Phi) is 5.14. The van der Waals surface area contributed by atoms with E-state index in [0.717, 1.165) is 15.4 Å². The lowest BCUT2D eigenvalue weighted by molar-refractivity contribution is 0.0948. The van der Waals surface area contributed by atoms with Gasteiger partial charge in [0.25, 0.3) is 5.91 Å². The highest BCUT2D eigenvalue weighted by molar-refractivity contribution is 7.99. The van der Waals surface area contributed by atoms with Crippen LogP contribution in [0.3, 0.4) is 0 Å². The van der Waals surface area contributed by atoms with E-state index in [1.54, 1.807) is 48.4 Å². The van der Waals surface area contributed by atoms with Gasteiger partial charge in [0.1, 0.15) is 11.6 Å². The summed E-state index contributed by atoms with van der Waals surface area (Å²) >= 11 is 1.58. The van der Waals surface area contributed by atoms with Gasteiger partial charge in [-0.05, 0) is 48.5 Å². The van der Waals surface area contributed by atoms with Crippen LogP contribution in [0.25, 0.3) is 0 Å². The number of carbonyl (C=O) groups excluding carboxylic acids is 1. The Balaban J connectivity index is 0.00000245. The van der Waals surface area contributed by atoms with Gasteiger partial charge in [-0.1, -0.05) is 42.1 Å². The van der Waals surface area contributed by atoms with Crippen LogP contribution < -0.4 is 5.32 Å². The van der Waals surface area contributed by atoms with Gasteiger partial charge in [0.15, 0.2) is 0 Å². The number of fused-ring (bicyclic) bond motifs is 2. The standard InChI is InChI=1S/C25H17FN2O2S.H2/c26-18-6-3-5-16(13-18)24-20-8-1-2-9-22(20)31-23-11-10-17(14-21(23)28-24)25(29)27-15-19-7-4-12-30-19;/h1-14H,15H2,(H,27,29);1H. The number of amides is 1. The number of aliphatic imine (C=N–C) groups is 1. The van der Waals surface area contributed by atoms with E-state index in [-0.39, 0.29) is 13.2 Å². The van der Waals surface area contributed by atoms with Crippen molar-refractivity contribution in [2.75, 3.05) is 0 Å². The molecule has 0 aliphatic carbocycles. The van der Waals surface area contributed by atoms with Gasteiger partial charge < -0.3 is 9.73 Å². The molecule has 0 atom stereocenters. The van der Waals surface area contributed by atoms with E-state index in [4.69, 9.17) is 9.41 Å². The Morgan fingerprint density at radius 2 is 1.90 bits per heavy atom. The van der Waals surface area contributed by atoms with Crippen molar-refractivity contribution in [3.8, 4) is 0 Å². The lowest BCUT2D eigenvalue weighted by atomic mass is 10.0. The molecule has 0 saturated carbocycles. The summed E-state index contributed by atoms with van der Waals surface area (Å²) in [7, 11) is 0. The molecule has 1 N–H and O–H groups in total. The highest BCUT2D eigenvalue weighted by atomic mass is 32.2. The van der Waals surface area contributed by atoms with Gasteiger partial charge in [0.2, 0.25) is 0 Å². The van der Waals surface area contributed by atoms with E-state index in [1.807, 2.05) is 36.4 Å². The first-order valence-electron chi connectivity index (χ1n) is 9.74. The number of hydrogen-bond acceptors (Lipinski definition) is 4. The zero-order valence-corrected chi connectivity index (χ0v) is 17.2. The van der Waals surface area contributed by atoms with E-state index >= 15 is 0 Å². The predicted molar refractivity (Wildman–Crippen MR) is 121 cm³/mol. The van der Waals surface area contributed by atoms with Crippen molar-refractivity contribution in [1.29, 1.82) is 0 Å². The molecular weight excluding hydrogens is 411 g/mol. The van der Waals surface area contributed by atoms with Crippen molar-refractivity contribution in [2.45, 2.75) is 16.3 Å². The average Bonchev–Trinajstić information content (AvgIpc) is 3.25. The molecule has 0 saturated heterocycles. The molecule has 31 heavy (non-hydrogen) atoms. The van der Waals surface area contributed by atoms with Crippen LogP contribution in [0.1, 0.15) is 28.7 Å². The predicted octanol–water partition coefficient (Wildman–Crippen LogP) is 6.23. The van der Waals surface area contributed by atoms with E-state index in [1.165, 1.54) is 12.1 Å². The molecule has 0 spiro atoms. The zero-order valence-electron chi connectivity index (χ0n) is 16.3. The number of carbonyl (C=O) groups is 1. The Labute approximate surface area is 184 Å². The van der Waals surface area contributed by atoms with Gasteiger partial charge in [0, 0.05) is 27.9 Å². The van der Waals surface area contributed by atoms with Gasteiger partial charge in [-0.2, -0.15) is 0 Å². The molecule has 2 heterocycles. The Hall–Kier alpha value is -3.64. The van der Waals surface area contributed by atoms with Gasteiger partial charge >= 0.3 is 0 Å². The van der Waals surface area contributed by atoms with Crippen LogP contribution in [0.15, 0.2) is 104 Å². The Bertz CT molecular complexity index is 1310. The maximum atomic E-state index is 13.9. The van der Waals surface area contributed by atoms with Crippen molar-refractivity contribution in [2.24, 2.45) is 4.99 Å². The van der Waals surface area contributed by atoms with Crippen molar-refractivity contribution >= 4 is 29.1 Å². The summed E-state index contributed by atoms with van der Waals surface area (Å²) in [6.45, 7) is 0.306. The molecule has 4 nitrogen and oxygen atoms in total. The van der Waals surface area contributed by atoms with E-state index < -0.39 is 0 Å². The fourth-order valence-corrected chi connectivity index (χ4v) is 4.42. The molecule has 4 aromatic rings. The molecule has 1 aromatic heterocycles. The molecule has 5 rings (SSSR count). The van der Waals surface area contributed by atoms with Crippen molar-refractivity contribution < 1.29 is 15.0 Å². The maximum absolute atomic E-state index is 13.9. The van der Waals surface area contributed by atoms with Crippen molar-refractivity contribution in [3.05, 3.63) is 113 Å². The molecule has 1 aliphatic heterocycles. The highest BCUT2D eigenvalue weighted by Gasteiger charge is 2.20. The van der Waals surface area contributed by atoms with Crippen LogP contribution in [-0.2, 0) is 6.54 Å². The number of nitrogens with one attached hydrogen (secondary N) is 1. The second-order valence-electron chi connectivity index (χ2n) is 7.01. The van der Waals surface area contributed by atoms with Crippen molar-refractivity contribution in [1.82, 2.24) is 5.32 Å². The second kappa shape index (κ2) is 8.24. The smallest absolute Gasteiger partial charge is 0.251 e. The second-order valence-corrected chi connectivity index (χ2v) is 8.10.